The molecule has 0 amide bonds. The van der Waals surface area contributed by atoms with Crippen LogP contribution >= 0.6 is 11.8 Å². The van der Waals surface area contributed by atoms with Crippen LogP contribution in [0, 0.1) is 23.3 Å². The molecule has 1 rings (SSSR count). The summed E-state index contributed by atoms with van der Waals surface area (Å²) in [5.74, 6) is -5.29. The molecule has 6 heteroatoms. The number of hydrogen-bond donors (Lipinski definition) is 0. The first-order chi connectivity index (χ1) is 8.43. The van der Waals surface area contributed by atoms with Crippen molar-refractivity contribution in [3.05, 3.63) is 41.0 Å². The molecule has 0 N–H and O–H groups in total. The number of thioether (sulfide) groups is 1. The van der Waals surface area contributed by atoms with E-state index in [1.165, 1.54) is 13.0 Å². The van der Waals surface area contributed by atoms with Crippen LogP contribution in [0.1, 0.15) is 18.9 Å². The molecule has 1 nitrogen and oxygen atoms in total. The van der Waals surface area contributed by atoms with E-state index in [1.54, 1.807) is 0 Å². The molecule has 1 aromatic rings. The number of benzene rings is 1. The van der Waals surface area contributed by atoms with E-state index in [9.17, 15) is 22.4 Å². The summed E-state index contributed by atoms with van der Waals surface area (Å²) in [4.78, 5) is 10.6. The molecule has 0 aliphatic rings. The molecular weight excluding hydrogens is 268 g/mol. The summed E-state index contributed by atoms with van der Waals surface area (Å²) in [5, 5.41) is -0.0717. The molecule has 0 saturated carbocycles. The molecule has 0 aliphatic carbocycles. The van der Waals surface area contributed by atoms with Gasteiger partial charge in [-0.1, -0.05) is 23.9 Å². The molecular formula is C12H10F4OS. The van der Waals surface area contributed by atoms with Gasteiger partial charge in [-0.05, 0) is 6.42 Å². The molecule has 0 spiro atoms. The third-order valence-electron chi connectivity index (χ3n) is 2.02. The van der Waals surface area contributed by atoms with Gasteiger partial charge in [0, 0.05) is 18.7 Å². The van der Waals surface area contributed by atoms with Gasteiger partial charge in [0.05, 0.1) is 5.56 Å². The van der Waals surface area contributed by atoms with Gasteiger partial charge in [0.15, 0.2) is 28.4 Å². The minimum absolute atomic E-state index is 0.0717. The van der Waals surface area contributed by atoms with Crippen LogP contribution in [0.3, 0.4) is 0 Å². The first kappa shape index (κ1) is 14.8. The summed E-state index contributed by atoms with van der Waals surface area (Å²) in [6.07, 6.45) is 2.69. The predicted molar refractivity (Wildman–Crippen MR) is 63.1 cm³/mol. The Balaban J connectivity index is 2.78. The maximum Gasteiger partial charge on any atom is 0.185 e. The van der Waals surface area contributed by atoms with Gasteiger partial charge in [-0.3, -0.25) is 4.79 Å². The zero-order valence-corrected chi connectivity index (χ0v) is 10.3. The molecule has 0 radical (unpaired) electrons. The highest BCUT2D eigenvalue weighted by atomic mass is 32.2. The summed E-state index contributed by atoms with van der Waals surface area (Å²) in [7, 11) is 0. The molecule has 0 saturated heterocycles. The van der Waals surface area contributed by atoms with E-state index in [1.807, 2.05) is 0 Å². The molecule has 98 valence electrons. The fourth-order valence-corrected chi connectivity index (χ4v) is 1.75. The highest BCUT2D eigenvalue weighted by Crippen LogP contribution is 2.20. The SMILES string of the molecule is CC(=O)SCCC=Cc1c(F)c(F)cc(F)c1F. The quantitative estimate of drug-likeness (QED) is 0.471. The first-order valence-electron chi connectivity index (χ1n) is 5.06. The summed E-state index contributed by atoms with van der Waals surface area (Å²) in [6, 6.07) is 0.160. The van der Waals surface area contributed by atoms with E-state index < -0.39 is 28.8 Å². The van der Waals surface area contributed by atoms with Crippen molar-refractivity contribution >= 4 is 23.0 Å². The van der Waals surface area contributed by atoms with E-state index in [-0.39, 0.29) is 11.2 Å². The Morgan fingerprint density at radius 1 is 1.22 bits per heavy atom. The minimum atomic E-state index is -1.44. The summed E-state index contributed by atoms with van der Waals surface area (Å²) >= 11 is 1.06. The lowest BCUT2D eigenvalue weighted by Gasteiger charge is -2.02. The Morgan fingerprint density at radius 3 is 2.28 bits per heavy atom. The Bertz CT molecular complexity index is 459. The van der Waals surface area contributed by atoms with Crippen molar-refractivity contribution in [1.29, 1.82) is 0 Å². The van der Waals surface area contributed by atoms with Crippen molar-refractivity contribution in [3.63, 3.8) is 0 Å². The molecule has 0 aromatic heterocycles. The van der Waals surface area contributed by atoms with Crippen molar-refractivity contribution in [2.75, 3.05) is 5.75 Å². The zero-order chi connectivity index (χ0) is 13.7. The number of hydrogen-bond acceptors (Lipinski definition) is 2. The van der Waals surface area contributed by atoms with Crippen LogP contribution in [-0.4, -0.2) is 10.9 Å². The molecule has 0 unspecified atom stereocenters. The van der Waals surface area contributed by atoms with Gasteiger partial charge in [-0.2, -0.15) is 0 Å². The van der Waals surface area contributed by atoms with Crippen LogP contribution in [0.25, 0.3) is 6.08 Å². The van der Waals surface area contributed by atoms with Crippen LogP contribution in [0.15, 0.2) is 12.1 Å². The van der Waals surface area contributed by atoms with E-state index in [2.05, 4.69) is 0 Å². The number of carbonyl (C=O) groups is 1. The number of allylic oxidation sites excluding steroid dienone is 1. The van der Waals surface area contributed by atoms with E-state index in [0.717, 1.165) is 17.8 Å². The van der Waals surface area contributed by atoms with Gasteiger partial charge >= 0.3 is 0 Å². The largest absolute Gasteiger partial charge is 0.288 e. The van der Waals surface area contributed by atoms with E-state index in [0.29, 0.717) is 12.2 Å². The van der Waals surface area contributed by atoms with Gasteiger partial charge in [-0.25, -0.2) is 17.6 Å². The van der Waals surface area contributed by atoms with Gasteiger partial charge in [0.2, 0.25) is 0 Å². The lowest BCUT2D eigenvalue weighted by molar-refractivity contribution is -0.109. The summed E-state index contributed by atoms with van der Waals surface area (Å²) in [6.45, 7) is 1.40. The average molecular weight is 278 g/mol. The highest BCUT2D eigenvalue weighted by molar-refractivity contribution is 8.13. The van der Waals surface area contributed by atoms with Crippen LogP contribution in [0.4, 0.5) is 17.6 Å². The second-order valence-corrected chi connectivity index (χ2v) is 4.68. The lowest BCUT2D eigenvalue weighted by atomic mass is 10.1. The first-order valence-corrected chi connectivity index (χ1v) is 6.05. The lowest BCUT2D eigenvalue weighted by Crippen LogP contribution is -1.98. The monoisotopic (exact) mass is 278 g/mol. The number of carbonyl (C=O) groups excluding carboxylic acids is 1. The molecule has 0 aliphatic heterocycles. The van der Waals surface area contributed by atoms with Gasteiger partial charge in [0.25, 0.3) is 0 Å². The fraction of sp³-hybridized carbons (Fsp3) is 0.250. The van der Waals surface area contributed by atoms with E-state index >= 15 is 0 Å². The minimum Gasteiger partial charge on any atom is -0.288 e. The Kier molecular flexibility index (Phi) is 5.40. The normalized spacial score (nSPS) is 11.2. The van der Waals surface area contributed by atoms with Gasteiger partial charge < -0.3 is 0 Å². The molecule has 0 heterocycles. The third kappa shape index (κ3) is 3.87. The average Bonchev–Trinajstić information content (AvgIpc) is 2.30. The maximum atomic E-state index is 13.2. The van der Waals surface area contributed by atoms with Gasteiger partial charge in [-0.15, -0.1) is 0 Å². The molecule has 0 fully saturated rings. The van der Waals surface area contributed by atoms with Crippen LogP contribution in [0.2, 0.25) is 0 Å². The molecule has 1 aromatic carbocycles. The number of rotatable bonds is 4. The Morgan fingerprint density at radius 2 is 1.78 bits per heavy atom. The zero-order valence-electron chi connectivity index (χ0n) is 9.47. The van der Waals surface area contributed by atoms with Crippen LogP contribution in [0.5, 0.6) is 0 Å². The van der Waals surface area contributed by atoms with Crippen molar-refractivity contribution in [2.24, 2.45) is 0 Å². The van der Waals surface area contributed by atoms with E-state index in [4.69, 9.17) is 0 Å². The van der Waals surface area contributed by atoms with Crippen molar-refractivity contribution in [1.82, 2.24) is 0 Å². The molecule has 0 atom stereocenters. The summed E-state index contributed by atoms with van der Waals surface area (Å²) < 4.78 is 52.0. The smallest absolute Gasteiger partial charge is 0.185 e. The maximum absolute atomic E-state index is 13.2. The molecule has 0 bridgehead atoms. The highest BCUT2D eigenvalue weighted by Gasteiger charge is 2.16. The molecule has 18 heavy (non-hydrogen) atoms. The number of halogens is 4. The van der Waals surface area contributed by atoms with Crippen molar-refractivity contribution in [3.8, 4) is 0 Å². The predicted octanol–water partition coefficient (Wildman–Crippen LogP) is 3.93. The Hall–Kier alpha value is -1.30. The standard InChI is InChI=1S/C12H10F4OS/c1-7(17)18-5-3-2-4-8-11(15)9(13)6-10(14)12(8)16/h2,4,6H,3,5H2,1H3. The van der Waals surface area contributed by atoms with Crippen LogP contribution in [-0.2, 0) is 4.79 Å². The fourth-order valence-electron chi connectivity index (χ4n) is 1.21. The van der Waals surface area contributed by atoms with Crippen molar-refractivity contribution < 1.29 is 22.4 Å². The summed E-state index contributed by atoms with van der Waals surface area (Å²) in [5.41, 5.74) is -0.750. The third-order valence-corrected chi connectivity index (χ3v) is 2.87. The second-order valence-electron chi connectivity index (χ2n) is 3.41. The van der Waals surface area contributed by atoms with Gasteiger partial charge in [0.1, 0.15) is 0 Å². The van der Waals surface area contributed by atoms with Crippen molar-refractivity contribution in [2.45, 2.75) is 13.3 Å². The van der Waals surface area contributed by atoms with Crippen LogP contribution < -0.4 is 0 Å². The topological polar surface area (TPSA) is 17.1 Å². The Labute approximate surface area is 106 Å². The second kappa shape index (κ2) is 6.58.